The Bertz CT molecular complexity index is 1610. The molecule has 0 spiro atoms. The maximum absolute atomic E-state index is 13.5. The number of benzene rings is 2. The maximum Gasteiger partial charge on any atom is 0.265 e. The predicted molar refractivity (Wildman–Crippen MR) is 149 cm³/mol. The van der Waals surface area contributed by atoms with Crippen LogP contribution in [0.1, 0.15) is 36.0 Å². The molecule has 4 N–H and O–H groups in total. The Balaban J connectivity index is 1.66. The van der Waals surface area contributed by atoms with Gasteiger partial charge in [-0.15, -0.1) is 0 Å². The molecule has 0 radical (unpaired) electrons. The summed E-state index contributed by atoms with van der Waals surface area (Å²) in [5, 5.41) is 32.9. The Kier molecular flexibility index (Phi) is 8.58. The van der Waals surface area contributed by atoms with Gasteiger partial charge in [0, 0.05) is 25.1 Å². The van der Waals surface area contributed by atoms with Gasteiger partial charge in [-0.1, -0.05) is 24.8 Å². The number of rotatable bonds is 11. The molecule has 40 heavy (non-hydrogen) atoms. The number of pyridine rings is 1. The number of nitrogens with one attached hydrogen (secondary N) is 1. The van der Waals surface area contributed by atoms with Crippen LogP contribution in [0.25, 0.3) is 5.65 Å². The first-order chi connectivity index (χ1) is 19.2. The van der Waals surface area contributed by atoms with Crippen LogP contribution in [-0.4, -0.2) is 50.9 Å². The van der Waals surface area contributed by atoms with Gasteiger partial charge in [0.05, 0.1) is 12.7 Å². The van der Waals surface area contributed by atoms with Crippen LogP contribution >= 0.6 is 0 Å². The van der Waals surface area contributed by atoms with Gasteiger partial charge in [0.1, 0.15) is 12.3 Å². The molecule has 2 aromatic heterocycles. The van der Waals surface area contributed by atoms with Crippen LogP contribution in [0, 0.1) is 0 Å². The van der Waals surface area contributed by atoms with Gasteiger partial charge < -0.3 is 30.1 Å². The van der Waals surface area contributed by atoms with Crippen molar-refractivity contribution in [1.29, 1.82) is 0 Å². The lowest BCUT2D eigenvalue weighted by atomic mass is 9.88. The minimum absolute atomic E-state index is 0.0278. The normalized spacial score (nSPS) is 11.7. The highest BCUT2D eigenvalue weighted by atomic mass is 16.5. The fraction of sp³-hybridized carbons (Fsp3) is 0.233. The van der Waals surface area contributed by atoms with Crippen molar-refractivity contribution in [2.45, 2.75) is 25.7 Å². The zero-order valence-corrected chi connectivity index (χ0v) is 22.3. The number of carbonyl (C=O) groups excluding carboxylic acids is 1. The van der Waals surface area contributed by atoms with Crippen molar-refractivity contribution in [3.8, 4) is 28.9 Å². The van der Waals surface area contributed by atoms with Crippen molar-refractivity contribution in [3.63, 3.8) is 0 Å². The molecule has 4 aromatic rings. The summed E-state index contributed by atoms with van der Waals surface area (Å²) in [6, 6.07) is 14.5. The molecule has 10 nitrogen and oxygen atoms in total. The predicted octanol–water partition coefficient (Wildman–Crippen LogP) is 3.66. The van der Waals surface area contributed by atoms with E-state index in [1.54, 1.807) is 48.7 Å². The van der Waals surface area contributed by atoms with E-state index in [9.17, 15) is 24.9 Å². The summed E-state index contributed by atoms with van der Waals surface area (Å²) in [5.74, 6) is -1.30. The third-order valence-electron chi connectivity index (χ3n) is 6.33. The molecule has 0 aliphatic heterocycles. The van der Waals surface area contributed by atoms with Crippen molar-refractivity contribution in [2.75, 3.05) is 20.3 Å². The molecule has 2 aromatic carbocycles. The average Bonchev–Trinajstić information content (AvgIpc) is 2.93. The van der Waals surface area contributed by atoms with E-state index < -0.39 is 17.4 Å². The van der Waals surface area contributed by atoms with Gasteiger partial charge in [0.15, 0.2) is 23.0 Å². The zero-order chi connectivity index (χ0) is 28.8. The number of phenols is 2. The highest BCUT2D eigenvalue weighted by Crippen LogP contribution is 2.36. The van der Waals surface area contributed by atoms with Crippen molar-refractivity contribution in [3.05, 3.63) is 100.0 Å². The molecule has 0 aliphatic carbocycles. The molecule has 1 atom stereocenters. The Morgan fingerprint density at radius 2 is 1.88 bits per heavy atom. The molecule has 208 valence electrons. The number of methoxy groups -OCH3 is 1. The Labute approximate surface area is 230 Å². The quantitative estimate of drug-likeness (QED) is 0.165. The van der Waals surface area contributed by atoms with Gasteiger partial charge in [-0.05, 0) is 66.4 Å². The van der Waals surface area contributed by atoms with Crippen molar-refractivity contribution in [2.24, 2.45) is 0 Å². The van der Waals surface area contributed by atoms with Gasteiger partial charge in [-0.25, -0.2) is 0 Å². The molecule has 0 fully saturated rings. The molecule has 0 aliphatic rings. The third-order valence-corrected chi connectivity index (χ3v) is 6.33. The molecule has 1 amide bonds. The monoisotopic (exact) mass is 545 g/mol. The number of hydrogen-bond acceptors (Lipinski definition) is 8. The van der Waals surface area contributed by atoms with Crippen molar-refractivity contribution < 1.29 is 29.6 Å². The van der Waals surface area contributed by atoms with Crippen molar-refractivity contribution in [1.82, 2.24) is 14.7 Å². The molecule has 0 saturated carbocycles. The fourth-order valence-corrected chi connectivity index (χ4v) is 4.33. The molecule has 0 saturated heterocycles. The van der Waals surface area contributed by atoms with Crippen LogP contribution in [0.2, 0.25) is 0 Å². The summed E-state index contributed by atoms with van der Waals surface area (Å²) >= 11 is 0. The first-order valence-electron chi connectivity index (χ1n) is 12.6. The van der Waals surface area contributed by atoms with E-state index >= 15 is 0 Å². The molecule has 10 heteroatoms. The number of nitrogens with zero attached hydrogens (tertiary/aromatic N) is 2. The van der Waals surface area contributed by atoms with Gasteiger partial charge in [0.25, 0.3) is 5.56 Å². The number of ether oxygens (including phenoxy) is 2. The molecule has 4 rings (SSSR count). The number of amides is 1. The third kappa shape index (κ3) is 6.35. The number of carbonyl (C=O) groups is 1. The summed E-state index contributed by atoms with van der Waals surface area (Å²) in [4.78, 5) is 30.8. The molecular weight excluding hydrogens is 514 g/mol. The fourth-order valence-electron chi connectivity index (χ4n) is 4.33. The summed E-state index contributed by atoms with van der Waals surface area (Å²) in [5.41, 5.74) is 1.83. The average molecular weight is 546 g/mol. The molecule has 0 bridgehead atoms. The van der Waals surface area contributed by atoms with Crippen LogP contribution in [0.5, 0.6) is 28.9 Å². The van der Waals surface area contributed by atoms with E-state index in [1.165, 1.54) is 23.6 Å². The highest BCUT2D eigenvalue weighted by Gasteiger charge is 2.27. The summed E-state index contributed by atoms with van der Waals surface area (Å²) in [7, 11) is 1.49. The molecular formula is C30H31N3O7. The Hall–Kier alpha value is -4.99. The van der Waals surface area contributed by atoms with E-state index in [0.29, 0.717) is 23.5 Å². The minimum atomic E-state index is -0.862. The first kappa shape index (κ1) is 28.0. The van der Waals surface area contributed by atoms with E-state index in [1.807, 2.05) is 6.92 Å². The standard InChI is InChI=1S/C30H31N3O7/c1-18(2)17-40-24-10-8-20(15-25(24)39-3)21(28-29(37)32-26-6-4-5-13-33(26)30(28)38)16-27(36)31-12-11-19-7-9-22(34)23(35)14-19/h4-10,13-15,21,34-35,37H,1,11-12,16-17H2,2-3H3,(H,31,36)/t21-/m1/s1. The van der Waals surface area contributed by atoms with Crippen LogP contribution in [-0.2, 0) is 11.2 Å². The smallest absolute Gasteiger partial charge is 0.265 e. The number of fused-ring (bicyclic) bond motifs is 1. The summed E-state index contributed by atoms with van der Waals surface area (Å²) in [6.45, 7) is 6.20. The highest BCUT2D eigenvalue weighted by molar-refractivity contribution is 5.78. The van der Waals surface area contributed by atoms with Gasteiger partial charge in [0.2, 0.25) is 11.8 Å². The van der Waals surface area contributed by atoms with E-state index in [4.69, 9.17) is 9.47 Å². The minimum Gasteiger partial charge on any atom is -0.504 e. The van der Waals surface area contributed by atoms with Gasteiger partial charge in [-0.2, -0.15) is 4.98 Å². The largest absolute Gasteiger partial charge is 0.504 e. The number of phenolic OH excluding ortho intramolecular Hbond substituents is 2. The number of aromatic hydroxyl groups is 3. The van der Waals surface area contributed by atoms with Crippen LogP contribution in [0.3, 0.4) is 0 Å². The second kappa shape index (κ2) is 12.2. The molecule has 2 heterocycles. The van der Waals surface area contributed by atoms with E-state index in [-0.39, 0.29) is 48.2 Å². The first-order valence-corrected chi connectivity index (χ1v) is 12.6. The van der Waals surface area contributed by atoms with Gasteiger partial charge >= 0.3 is 0 Å². The van der Waals surface area contributed by atoms with Gasteiger partial charge in [-0.3, -0.25) is 14.0 Å². The second-order valence-corrected chi connectivity index (χ2v) is 9.42. The Morgan fingerprint density at radius 1 is 1.07 bits per heavy atom. The van der Waals surface area contributed by atoms with E-state index in [0.717, 1.165) is 11.1 Å². The lowest BCUT2D eigenvalue weighted by Crippen LogP contribution is -2.30. The lowest BCUT2D eigenvalue weighted by molar-refractivity contribution is -0.121. The van der Waals surface area contributed by atoms with Crippen LogP contribution < -0.4 is 20.3 Å². The second-order valence-electron chi connectivity index (χ2n) is 9.42. The van der Waals surface area contributed by atoms with E-state index in [2.05, 4.69) is 16.9 Å². The van der Waals surface area contributed by atoms with Crippen LogP contribution in [0.4, 0.5) is 0 Å². The topological polar surface area (TPSA) is 143 Å². The molecule has 0 unspecified atom stereocenters. The SMILES string of the molecule is C=C(C)COc1ccc([C@@H](CC(=O)NCCc2ccc(O)c(O)c2)c2c(O)nc3ccccn3c2=O)cc1OC. The number of aromatic nitrogens is 2. The lowest BCUT2D eigenvalue weighted by Gasteiger charge is -2.20. The summed E-state index contributed by atoms with van der Waals surface area (Å²) < 4.78 is 12.6. The summed E-state index contributed by atoms with van der Waals surface area (Å²) in [6.07, 6.45) is 1.78. The van der Waals surface area contributed by atoms with Crippen LogP contribution in [0.15, 0.2) is 77.7 Å². The zero-order valence-electron chi connectivity index (χ0n) is 22.3. The Morgan fingerprint density at radius 3 is 2.60 bits per heavy atom. The van der Waals surface area contributed by atoms with Crippen molar-refractivity contribution >= 4 is 11.6 Å². The number of hydrogen-bond donors (Lipinski definition) is 4. The maximum atomic E-state index is 13.5.